The fourth-order valence-electron chi connectivity index (χ4n) is 3.09. The lowest BCUT2D eigenvalue weighted by molar-refractivity contribution is 1.23. The smallest absolute Gasteiger partial charge is 0.00131 e. The first-order valence-electron chi connectivity index (χ1n) is 7.23. The van der Waals surface area contributed by atoms with E-state index in [1.807, 2.05) is 6.92 Å². The molecule has 0 heteroatoms. The Morgan fingerprint density at radius 1 is 0.950 bits per heavy atom. The molecule has 0 amide bonds. The van der Waals surface area contributed by atoms with Crippen LogP contribution in [0.25, 0.3) is 17.2 Å². The summed E-state index contributed by atoms with van der Waals surface area (Å²) < 4.78 is 0. The molecular formula is C20H20. The van der Waals surface area contributed by atoms with Crippen molar-refractivity contribution < 1.29 is 0 Å². The summed E-state index contributed by atoms with van der Waals surface area (Å²) >= 11 is 0. The van der Waals surface area contributed by atoms with Crippen LogP contribution in [0.1, 0.15) is 34.7 Å². The highest BCUT2D eigenvalue weighted by molar-refractivity contribution is 5.82. The van der Waals surface area contributed by atoms with Crippen molar-refractivity contribution in [3.63, 3.8) is 0 Å². The second kappa shape index (κ2) is 5.13. The van der Waals surface area contributed by atoms with Gasteiger partial charge in [0.1, 0.15) is 0 Å². The van der Waals surface area contributed by atoms with Gasteiger partial charge >= 0.3 is 0 Å². The van der Waals surface area contributed by atoms with Crippen LogP contribution in [0.5, 0.6) is 0 Å². The van der Waals surface area contributed by atoms with Crippen LogP contribution in [0.2, 0.25) is 0 Å². The lowest BCUT2D eigenvalue weighted by Crippen LogP contribution is -1.93. The highest BCUT2D eigenvalue weighted by Gasteiger charge is 2.21. The minimum absolute atomic E-state index is 1.07. The lowest BCUT2D eigenvalue weighted by Gasteiger charge is -2.12. The Hall–Kier alpha value is -2.08. The maximum atomic E-state index is 2.36. The number of fused-ring (bicyclic) bond motifs is 3. The van der Waals surface area contributed by atoms with Crippen molar-refractivity contribution >= 4 is 6.08 Å². The molecule has 0 saturated carbocycles. The van der Waals surface area contributed by atoms with Crippen LogP contribution in [0.4, 0.5) is 0 Å². The highest BCUT2D eigenvalue weighted by atomic mass is 14.2. The molecule has 0 atom stereocenters. The van der Waals surface area contributed by atoms with Crippen LogP contribution in [0.15, 0.2) is 48.6 Å². The van der Waals surface area contributed by atoms with Crippen molar-refractivity contribution in [3.8, 4) is 11.1 Å². The maximum absolute atomic E-state index is 2.36. The topological polar surface area (TPSA) is 0 Å². The zero-order chi connectivity index (χ0) is 14.1. The molecule has 2 aromatic carbocycles. The number of benzene rings is 2. The van der Waals surface area contributed by atoms with Crippen molar-refractivity contribution in [3.05, 3.63) is 76.4 Å². The Balaban J connectivity index is 2.15. The minimum Gasteiger partial charge on any atom is -0.0877 e. The number of allylic oxidation sites excluding steroid dienone is 3. The molecule has 0 aromatic heterocycles. The summed E-state index contributed by atoms with van der Waals surface area (Å²) in [6, 6.07) is 11.1. The molecule has 0 fully saturated rings. The Bertz CT molecular complexity index is 715. The second-order valence-electron chi connectivity index (χ2n) is 5.47. The molecule has 0 saturated heterocycles. The quantitative estimate of drug-likeness (QED) is 0.536. The Kier molecular flexibility index (Phi) is 3.31. The summed E-state index contributed by atoms with van der Waals surface area (Å²) in [5.41, 5.74) is 9.96. The van der Waals surface area contributed by atoms with E-state index in [1.54, 1.807) is 0 Å². The molecule has 100 valence electrons. The summed E-state index contributed by atoms with van der Waals surface area (Å²) in [6.07, 6.45) is 9.54. The summed E-state index contributed by atoms with van der Waals surface area (Å²) in [5, 5.41) is 0. The summed E-state index contributed by atoms with van der Waals surface area (Å²) in [7, 11) is 0. The highest BCUT2D eigenvalue weighted by Crippen LogP contribution is 2.40. The molecule has 0 heterocycles. The standard InChI is InChI=1S/C20H20/c1-4-5-6-9-16-12-18-13-17-10-7-8-11-19(17)20(18)15(3)14(16)2/h4-12H,13H2,1-3H3. The molecule has 0 nitrogen and oxygen atoms in total. The molecule has 0 spiro atoms. The maximum Gasteiger partial charge on any atom is -0.00131 e. The first-order chi connectivity index (χ1) is 9.72. The van der Waals surface area contributed by atoms with Gasteiger partial charge in [-0.1, -0.05) is 54.6 Å². The Morgan fingerprint density at radius 2 is 1.75 bits per heavy atom. The molecule has 1 aliphatic carbocycles. The van der Waals surface area contributed by atoms with Gasteiger partial charge in [-0.3, -0.25) is 0 Å². The van der Waals surface area contributed by atoms with Gasteiger partial charge in [-0.15, -0.1) is 0 Å². The Labute approximate surface area is 121 Å². The predicted molar refractivity (Wildman–Crippen MR) is 88.0 cm³/mol. The van der Waals surface area contributed by atoms with E-state index in [0.29, 0.717) is 0 Å². The van der Waals surface area contributed by atoms with Crippen LogP contribution in [-0.4, -0.2) is 0 Å². The van der Waals surface area contributed by atoms with Crippen LogP contribution in [-0.2, 0) is 6.42 Å². The summed E-state index contributed by atoms with van der Waals surface area (Å²) in [4.78, 5) is 0. The van der Waals surface area contributed by atoms with E-state index in [-0.39, 0.29) is 0 Å². The molecule has 1 aliphatic rings. The van der Waals surface area contributed by atoms with Gasteiger partial charge in [0.2, 0.25) is 0 Å². The molecular weight excluding hydrogens is 240 g/mol. The van der Waals surface area contributed by atoms with E-state index in [2.05, 4.69) is 68.5 Å². The average molecular weight is 260 g/mol. The van der Waals surface area contributed by atoms with Gasteiger partial charge in [0, 0.05) is 0 Å². The minimum atomic E-state index is 1.07. The first kappa shape index (κ1) is 12.9. The van der Waals surface area contributed by atoms with Gasteiger partial charge in [0.05, 0.1) is 0 Å². The third-order valence-electron chi connectivity index (χ3n) is 4.27. The fraction of sp³-hybridized carbons (Fsp3) is 0.200. The molecule has 2 aromatic rings. The average Bonchev–Trinajstić information content (AvgIpc) is 2.82. The van der Waals surface area contributed by atoms with Crippen LogP contribution in [0.3, 0.4) is 0 Å². The van der Waals surface area contributed by atoms with E-state index < -0.39 is 0 Å². The second-order valence-corrected chi connectivity index (χ2v) is 5.47. The van der Waals surface area contributed by atoms with Crippen LogP contribution in [0, 0.1) is 13.8 Å². The zero-order valence-corrected chi connectivity index (χ0v) is 12.4. The van der Waals surface area contributed by atoms with E-state index in [1.165, 1.54) is 38.9 Å². The number of rotatable bonds is 2. The van der Waals surface area contributed by atoms with Crippen molar-refractivity contribution in [1.29, 1.82) is 0 Å². The first-order valence-corrected chi connectivity index (χ1v) is 7.23. The number of hydrogen-bond acceptors (Lipinski definition) is 0. The Morgan fingerprint density at radius 3 is 2.55 bits per heavy atom. The lowest BCUT2D eigenvalue weighted by atomic mass is 9.92. The van der Waals surface area contributed by atoms with Crippen molar-refractivity contribution in [2.75, 3.05) is 0 Å². The fourth-order valence-corrected chi connectivity index (χ4v) is 3.09. The van der Waals surface area contributed by atoms with E-state index in [4.69, 9.17) is 0 Å². The van der Waals surface area contributed by atoms with Gasteiger partial charge < -0.3 is 0 Å². The van der Waals surface area contributed by atoms with Crippen LogP contribution >= 0.6 is 0 Å². The molecule has 3 rings (SSSR count). The van der Waals surface area contributed by atoms with Gasteiger partial charge in [-0.2, -0.15) is 0 Å². The van der Waals surface area contributed by atoms with Crippen molar-refractivity contribution in [2.24, 2.45) is 0 Å². The summed E-state index contributed by atoms with van der Waals surface area (Å²) in [5.74, 6) is 0. The molecule has 0 N–H and O–H groups in total. The third-order valence-corrected chi connectivity index (χ3v) is 4.27. The zero-order valence-electron chi connectivity index (χ0n) is 12.4. The van der Waals surface area contributed by atoms with Gasteiger partial charge in [-0.05, 0) is 66.1 Å². The normalized spacial score (nSPS) is 13.2. The van der Waals surface area contributed by atoms with E-state index in [9.17, 15) is 0 Å². The SMILES string of the molecule is CC=CC=Cc1cc2c(c(C)c1C)-c1ccccc1C2. The van der Waals surface area contributed by atoms with Crippen molar-refractivity contribution in [1.82, 2.24) is 0 Å². The summed E-state index contributed by atoms with van der Waals surface area (Å²) in [6.45, 7) is 6.52. The molecule has 0 aliphatic heterocycles. The third kappa shape index (κ3) is 2.02. The monoisotopic (exact) mass is 260 g/mol. The molecule has 0 unspecified atom stereocenters. The van der Waals surface area contributed by atoms with Crippen LogP contribution < -0.4 is 0 Å². The molecule has 20 heavy (non-hydrogen) atoms. The molecule has 0 bridgehead atoms. The number of hydrogen-bond donors (Lipinski definition) is 0. The van der Waals surface area contributed by atoms with E-state index >= 15 is 0 Å². The van der Waals surface area contributed by atoms with Crippen molar-refractivity contribution in [2.45, 2.75) is 27.2 Å². The van der Waals surface area contributed by atoms with Gasteiger partial charge in [0.15, 0.2) is 0 Å². The largest absolute Gasteiger partial charge is 0.0877 e. The predicted octanol–water partition coefficient (Wildman–Crippen LogP) is 5.46. The molecule has 0 radical (unpaired) electrons. The van der Waals surface area contributed by atoms with E-state index in [0.717, 1.165) is 6.42 Å². The van der Waals surface area contributed by atoms with Gasteiger partial charge in [-0.25, -0.2) is 0 Å². The van der Waals surface area contributed by atoms with Gasteiger partial charge in [0.25, 0.3) is 0 Å².